The van der Waals surface area contributed by atoms with Crippen LogP contribution in [0.25, 0.3) is 0 Å². The van der Waals surface area contributed by atoms with Crippen molar-refractivity contribution in [2.75, 3.05) is 6.66 Å². The summed E-state index contributed by atoms with van der Waals surface area (Å²) in [7, 11) is 1.08. The Morgan fingerprint density at radius 2 is 1.09 bits per heavy atom. The Morgan fingerprint density at radius 1 is 0.696 bits per heavy atom. The van der Waals surface area contributed by atoms with E-state index in [1.54, 1.807) is 0 Å². The zero-order valence-electron chi connectivity index (χ0n) is 17.0. The summed E-state index contributed by atoms with van der Waals surface area (Å²) in [6, 6.07) is 0. The largest absolute Gasteiger partial charge is 0.292 e. The normalized spacial score (nSPS) is 13.7. The molecule has 2 heteroatoms. The first-order valence-corrected chi connectivity index (χ1v) is 11.5. The molecular weight excluding hydrogens is 297 g/mol. The number of unbranched alkanes of at least 4 members (excludes halogenated alkanes) is 9. The molecule has 0 rings (SSSR count). The van der Waals surface area contributed by atoms with E-state index in [9.17, 15) is 0 Å². The van der Waals surface area contributed by atoms with Gasteiger partial charge in [0.2, 0.25) is 0 Å². The third kappa shape index (κ3) is 15.4. The van der Waals surface area contributed by atoms with Crippen LogP contribution >= 0.6 is 8.58 Å². The summed E-state index contributed by atoms with van der Waals surface area (Å²) in [5.74, 6) is 0. The van der Waals surface area contributed by atoms with Gasteiger partial charge in [0.1, 0.15) is 0 Å². The van der Waals surface area contributed by atoms with Crippen molar-refractivity contribution in [3.63, 3.8) is 0 Å². The van der Waals surface area contributed by atoms with Crippen LogP contribution in [0.4, 0.5) is 0 Å². The van der Waals surface area contributed by atoms with Gasteiger partial charge < -0.3 is 0 Å². The van der Waals surface area contributed by atoms with E-state index in [1.165, 1.54) is 77.0 Å². The van der Waals surface area contributed by atoms with Crippen LogP contribution in [0.5, 0.6) is 0 Å². The van der Waals surface area contributed by atoms with Crippen molar-refractivity contribution in [2.45, 2.75) is 122 Å². The van der Waals surface area contributed by atoms with Gasteiger partial charge in [-0.1, -0.05) is 78.1 Å². The van der Waals surface area contributed by atoms with E-state index < -0.39 is 0 Å². The average molecular weight is 342 g/mol. The van der Waals surface area contributed by atoms with Gasteiger partial charge in [0.25, 0.3) is 0 Å². The third-order valence-corrected chi connectivity index (χ3v) is 6.60. The topological polar surface area (TPSA) is 12.4 Å². The molecule has 0 spiro atoms. The molecule has 1 nitrogen and oxygen atoms in total. The number of hydrogen-bond donors (Lipinski definition) is 0. The van der Waals surface area contributed by atoms with Crippen molar-refractivity contribution >= 4 is 14.8 Å². The van der Waals surface area contributed by atoms with Crippen molar-refractivity contribution in [3.05, 3.63) is 0 Å². The number of rotatable bonds is 15. The Kier molecular flexibility index (Phi) is 13.5. The first-order chi connectivity index (χ1) is 10.8. The maximum Gasteiger partial charge on any atom is 0.0548 e. The summed E-state index contributed by atoms with van der Waals surface area (Å²) in [5, 5.41) is 0.594. The van der Waals surface area contributed by atoms with Gasteiger partial charge in [-0.3, -0.25) is 4.99 Å². The highest BCUT2D eigenvalue weighted by molar-refractivity contribution is 7.38. The molecule has 1 unspecified atom stereocenters. The Balaban J connectivity index is 3.29. The Hall–Kier alpha value is 0.100. The summed E-state index contributed by atoms with van der Waals surface area (Å²) >= 11 is 0. The van der Waals surface area contributed by atoms with E-state index in [4.69, 9.17) is 0 Å². The molecule has 0 saturated carbocycles. The van der Waals surface area contributed by atoms with Crippen LogP contribution < -0.4 is 0 Å². The molecule has 138 valence electrons. The fourth-order valence-corrected chi connectivity index (χ4v) is 3.50. The van der Waals surface area contributed by atoms with Gasteiger partial charge in [0.15, 0.2) is 0 Å². The number of aliphatic imine (C=N–C) groups is 1. The molecule has 0 aliphatic carbocycles. The van der Waals surface area contributed by atoms with E-state index in [0.717, 1.165) is 8.58 Å². The fraction of sp³-hybridized carbons (Fsp3) is 0.952. The SMILES string of the molecule is CC=NC(C)(C)CCCCCCCCCCCCC(C)(C)PC. The van der Waals surface area contributed by atoms with Gasteiger partial charge in [-0.25, -0.2) is 0 Å². The molecule has 0 saturated heterocycles. The lowest BCUT2D eigenvalue weighted by molar-refractivity contribution is 0.443. The van der Waals surface area contributed by atoms with E-state index in [2.05, 4.69) is 39.4 Å². The number of nitrogens with zero attached hydrogens (tertiary/aromatic N) is 1. The molecule has 0 bridgehead atoms. The predicted octanol–water partition coefficient (Wildman–Crippen LogP) is 7.62. The van der Waals surface area contributed by atoms with Crippen molar-refractivity contribution in [1.29, 1.82) is 0 Å². The second-order valence-electron chi connectivity index (χ2n) is 8.37. The average Bonchev–Trinajstić information content (AvgIpc) is 2.48. The molecular formula is C21H44NP. The lowest BCUT2D eigenvalue weighted by Crippen LogP contribution is -2.16. The fourth-order valence-electron chi connectivity index (χ4n) is 3.08. The lowest BCUT2D eigenvalue weighted by atomic mass is 9.96. The zero-order valence-corrected chi connectivity index (χ0v) is 18.0. The van der Waals surface area contributed by atoms with E-state index in [0.29, 0.717) is 5.16 Å². The minimum atomic E-state index is 0.154. The van der Waals surface area contributed by atoms with Crippen LogP contribution in [-0.2, 0) is 0 Å². The van der Waals surface area contributed by atoms with Crippen molar-refractivity contribution in [3.8, 4) is 0 Å². The molecule has 1 atom stereocenters. The molecule has 0 aliphatic rings. The molecule has 23 heavy (non-hydrogen) atoms. The maximum atomic E-state index is 4.54. The van der Waals surface area contributed by atoms with Gasteiger partial charge in [-0.15, -0.1) is 8.58 Å². The summed E-state index contributed by atoms with van der Waals surface area (Å²) < 4.78 is 0. The Labute approximate surface area is 149 Å². The summed E-state index contributed by atoms with van der Waals surface area (Å²) in [4.78, 5) is 4.54. The van der Waals surface area contributed by atoms with Crippen molar-refractivity contribution < 1.29 is 0 Å². The first-order valence-electron chi connectivity index (χ1n) is 10.0. The molecule has 0 amide bonds. The Bertz CT molecular complexity index is 294. The van der Waals surface area contributed by atoms with Gasteiger partial charge in [-0.2, -0.15) is 0 Å². The Morgan fingerprint density at radius 3 is 1.48 bits per heavy atom. The van der Waals surface area contributed by atoms with Gasteiger partial charge in [-0.05, 0) is 51.6 Å². The molecule has 0 aromatic rings. The first kappa shape index (κ1) is 23.1. The monoisotopic (exact) mass is 341 g/mol. The summed E-state index contributed by atoms with van der Waals surface area (Å²) in [6.45, 7) is 13.7. The highest BCUT2D eigenvalue weighted by atomic mass is 31.1. The van der Waals surface area contributed by atoms with Crippen LogP contribution in [0.2, 0.25) is 0 Å². The molecule has 0 aliphatic heterocycles. The molecule has 0 fully saturated rings. The van der Waals surface area contributed by atoms with Crippen LogP contribution in [-0.4, -0.2) is 23.6 Å². The van der Waals surface area contributed by atoms with E-state index >= 15 is 0 Å². The van der Waals surface area contributed by atoms with Crippen LogP contribution in [0.1, 0.15) is 112 Å². The summed E-state index contributed by atoms with van der Waals surface area (Å²) in [6.07, 6.45) is 18.8. The summed E-state index contributed by atoms with van der Waals surface area (Å²) in [5.41, 5.74) is 0.154. The van der Waals surface area contributed by atoms with Gasteiger partial charge in [0, 0.05) is 0 Å². The molecule has 0 N–H and O–H groups in total. The highest BCUT2D eigenvalue weighted by Gasteiger charge is 2.14. The minimum absolute atomic E-state index is 0.154. The third-order valence-electron chi connectivity index (χ3n) is 5.00. The van der Waals surface area contributed by atoms with E-state index in [1.807, 2.05) is 13.1 Å². The van der Waals surface area contributed by atoms with Crippen LogP contribution in [0.3, 0.4) is 0 Å². The smallest absolute Gasteiger partial charge is 0.0548 e. The standard InChI is InChI=1S/C21H44NP/c1-7-22-20(2,3)18-16-14-12-10-8-9-11-13-15-17-19-21(4,5)23-6/h7,23H,8-19H2,1-6H3. The maximum absolute atomic E-state index is 4.54. The van der Waals surface area contributed by atoms with Crippen LogP contribution in [0, 0.1) is 0 Å². The number of hydrogen-bond acceptors (Lipinski definition) is 1. The zero-order chi connectivity index (χ0) is 17.6. The minimum Gasteiger partial charge on any atom is -0.292 e. The van der Waals surface area contributed by atoms with Crippen molar-refractivity contribution in [2.24, 2.45) is 4.99 Å². The molecule has 0 aromatic heterocycles. The van der Waals surface area contributed by atoms with Gasteiger partial charge >= 0.3 is 0 Å². The van der Waals surface area contributed by atoms with E-state index in [-0.39, 0.29) is 5.54 Å². The second kappa shape index (κ2) is 13.4. The van der Waals surface area contributed by atoms with Gasteiger partial charge in [0.05, 0.1) is 5.54 Å². The highest BCUT2D eigenvalue weighted by Crippen LogP contribution is 2.32. The van der Waals surface area contributed by atoms with Crippen LogP contribution in [0.15, 0.2) is 4.99 Å². The molecule has 0 heterocycles. The quantitative estimate of drug-likeness (QED) is 0.165. The lowest BCUT2D eigenvalue weighted by Gasteiger charge is -2.22. The molecule has 0 radical (unpaired) electrons. The molecule has 0 aromatic carbocycles. The second-order valence-corrected chi connectivity index (χ2v) is 10.2. The predicted molar refractivity (Wildman–Crippen MR) is 112 cm³/mol. The van der Waals surface area contributed by atoms with Crippen molar-refractivity contribution in [1.82, 2.24) is 0 Å².